The molecule has 1 aromatic heterocycles. The molecule has 0 aromatic carbocycles. The van der Waals surface area contributed by atoms with Crippen LogP contribution in [0.4, 0.5) is 0 Å². The minimum absolute atomic E-state index is 0.0255. The molecule has 1 saturated heterocycles. The zero-order valence-electron chi connectivity index (χ0n) is 11.6. The highest BCUT2D eigenvalue weighted by Crippen LogP contribution is 2.18. The molecule has 2 atom stereocenters. The maximum absolute atomic E-state index is 12.2. The van der Waals surface area contributed by atoms with Crippen LogP contribution in [0, 0.1) is 6.92 Å². The second kappa shape index (κ2) is 5.52. The largest absolute Gasteiger partial charge is 0.301 e. The number of aryl methyl sites for hydroxylation is 1. The van der Waals surface area contributed by atoms with E-state index in [1.165, 1.54) is 4.90 Å². The summed E-state index contributed by atoms with van der Waals surface area (Å²) >= 11 is 0. The predicted molar refractivity (Wildman–Crippen MR) is 70.2 cm³/mol. The quantitative estimate of drug-likeness (QED) is 0.769. The Balaban J connectivity index is 1.98. The zero-order chi connectivity index (χ0) is 14.0. The summed E-state index contributed by atoms with van der Waals surface area (Å²) in [6.45, 7) is 6.34. The Morgan fingerprint density at radius 2 is 2.32 bits per heavy atom. The first kappa shape index (κ1) is 13.7. The fourth-order valence-electron chi connectivity index (χ4n) is 2.24. The van der Waals surface area contributed by atoms with E-state index in [-0.39, 0.29) is 24.3 Å². The summed E-state index contributed by atoms with van der Waals surface area (Å²) in [6, 6.07) is -0.432. The molecule has 2 N–H and O–H groups in total. The number of carbonyl (C=O) groups is 2. The molecule has 19 heavy (non-hydrogen) atoms. The van der Waals surface area contributed by atoms with Crippen molar-refractivity contribution in [3.63, 3.8) is 0 Å². The third kappa shape index (κ3) is 2.68. The fraction of sp³-hybridized carbons (Fsp3) is 0.615. The second-order valence-corrected chi connectivity index (χ2v) is 5.02. The first-order chi connectivity index (χ1) is 9.04. The van der Waals surface area contributed by atoms with Crippen molar-refractivity contribution in [3.8, 4) is 0 Å². The van der Waals surface area contributed by atoms with Crippen molar-refractivity contribution in [1.29, 1.82) is 0 Å². The zero-order valence-corrected chi connectivity index (χ0v) is 11.6. The number of likely N-dealkylation sites (tertiary alicyclic amines) is 1. The average molecular weight is 264 g/mol. The van der Waals surface area contributed by atoms with E-state index in [0.717, 1.165) is 17.7 Å². The Bertz CT molecular complexity index is 483. The summed E-state index contributed by atoms with van der Waals surface area (Å²) in [5, 5.41) is 9.92. The highest BCUT2D eigenvalue weighted by atomic mass is 16.2. The third-order valence-electron chi connectivity index (χ3n) is 3.69. The van der Waals surface area contributed by atoms with E-state index in [1.54, 1.807) is 6.20 Å². The molecule has 0 aliphatic carbocycles. The lowest BCUT2D eigenvalue weighted by Gasteiger charge is -2.21. The molecule has 0 bridgehead atoms. The van der Waals surface area contributed by atoms with E-state index in [1.807, 2.05) is 20.8 Å². The van der Waals surface area contributed by atoms with Crippen LogP contribution < -0.4 is 5.32 Å². The summed E-state index contributed by atoms with van der Waals surface area (Å²) in [5.74, 6) is -0.193. The monoisotopic (exact) mass is 264 g/mol. The van der Waals surface area contributed by atoms with Gasteiger partial charge in [0.05, 0.1) is 18.7 Å². The van der Waals surface area contributed by atoms with Crippen LogP contribution in [0.3, 0.4) is 0 Å². The molecule has 6 nitrogen and oxygen atoms in total. The van der Waals surface area contributed by atoms with Crippen molar-refractivity contribution >= 4 is 11.8 Å². The molecule has 0 saturated carbocycles. The number of nitrogens with one attached hydrogen (secondary N) is 2. The van der Waals surface area contributed by atoms with E-state index in [0.29, 0.717) is 6.54 Å². The molecular weight excluding hydrogens is 244 g/mol. The lowest BCUT2D eigenvalue weighted by atomic mass is 10.2. The summed E-state index contributed by atoms with van der Waals surface area (Å²) < 4.78 is 0. The van der Waals surface area contributed by atoms with Gasteiger partial charge in [-0.15, -0.1) is 0 Å². The SMILES string of the molecule is CCC(C)N1C(=O)CC(NCc2cn[nH]c2C)C1=O. The number of aromatic nitrogens is 2. The van der Waals surface area contributed by atoms with Gasteiger partial charge in [0.25, 0.3) is 0 Å². The molecule has 1 aliphatic heterocycles. The molecule has 104 valence electrons. The predicted octanol–water partition coefficient (Wildman–Crippen LogP) is 0.734. The van der Waals surface area contributed by atoms with E-state index in [9.17, 15) is 9.59 Å². The minimum Gasteiger partial charge on any atom is -0.301 e. The molecule has 1 aliphatic rings. The van der Waals surface area contributed by atoms with Crippen molar-refractivity contribution in [2.45, 2.75) is 52.2 Å². The number of imide groups is 1. The second-order valence-electron chi connectivity index (χ2n) is 5.02. The number of aromatic amines is 1. The molecule has 2 unspecified atom stereocenters. The maximum atomic E-state index is 12.2. The molecule has 6 heteroatoms. The fourth-order valence-corrected chi connectivity index (χ4v) is 2.24. The van der Waals surface area contributed by atoms with E-state index in [2.05, 4.69) is 15.5 Å². The lowest BCUT2D eigenvalue weighted by molar-refractivity contribution is -0.141. The van der Waals surface area contributed by atoms with Gasteiger partial charge in [0.2, 0.25) is 11.8 Å². The molecule has 1 aromatic rings. The summed E-state index contributed by atoms with van der Waals surface area (Å²) in [5.41, 5.74) is 1.99. The van der Waals surface area contributed by atoms with Crippen LogP contribution in [0.15, 0.2) is 6.20 Å². The molecule has 0 spiro atoms. The van der Waals surface area contributed by atoms with E-state index >= 15 is 0 Å². The van der Waals surface area contributed by atoms with Gasteiger partial charge in [0, 0.05) is 23.8 Å². The van der Waals surface area contributed by atoms with Gasteiger partial charge < -0.3 is 5.32 Å². The number of hydrogen-bond donors (Lipinski definition) is 2. The lowest BCUT2D eigenvalue weighted by Crippen LogP contribution is -2.42. The van der Waals surface area contributed by atoms with E-state index in [4.69, 9.17) is 0 Å². The Labute approximate surface area is 112 Å². The van der Waals surface area contributed by atoms with Crippen molar-refractivity contribution in [1.82, 2.24) is 20.4 Å². The van der Waals surface area contributed by atoms with Gasteiger partial charge in [-0.05, 0) is 20.3 Å². The van der Waals surface area contributed by atoms with Gasteiger partial charge in [0.15, 0.2) is 0 Å². The number of H-pyrrole nitrogens is 1. The summed E-state index contributed by atoms with van der Waals surface area (Å²) in [7, 11) is 0. The molecular formula is C13H20N4O2. The van der Waals surface area contributed by atoms with Crippen LogP contribution in [-0.4, -0.2) is 39.0 Å². The van der Waals surface area contributed by atoms with Crippen molar-refractivity contribution in [2.75, 3.05) is 0 Å². The Kier molecular flexibility index (Phi) is 3.99. The van der Waals surface area contributed by atoms with Crippen LogP contribution in [0.2, 0.25) is 0 Å². The summed E-state index contributed by atoms with van der Waals surface area (Å²) in [6.07, 6.45) is 2.77. The van der Waals surface area contributed by atoms with Crippen LogP contribution in [0.1, 0.15) is 37.9 Å². The number of nitrogens with zero attached hydrogens (tertiary/aromatic N) is 2. The van der Waals surface area contributed by atoms with E-state index < -0.39 is 6.04 Å². The van der Waals surface area contributed by atoms with Crippen LogP contribution in [0.25, 0.3) is 0 Å². The molecule has 1 fully saturated rings. The van der Waals surface area contributed by atoms with Gasteiger partial charge in [-0.2, -0.15) is 5.10 Å². The standard InChI is InChI=1S/C13H20N4O2/c1-4-8(2)17-12(18)5-11(13(17)19)14-6-10-7-15-16-9(10)3/h7-8,11,14H,4-6H2,1-3H3,(H,15,16). The van der Waals surface area contributed by atoms with Gasteiger partial charge in [-0.3, -0.25) is 19.6 Å². The van der Waals surface area contributed by atoms with Crippen LogP contribution >= 0.6 is 0 Å². The number of carbonyl (C=O) groups excluding carboxylic acids is 2. The van der Waals surface area contributed by atoms with Crippen molar-refractivity contribution in [3.05, 3.63) is 17.5 Å². The van der Waals surface area contributed by atoms with Crippen LogP contribution in [-0.2, 0) is 16.1 Å². The van der Waals surface area contributed by atoms with Gasteiger partial charge >= 0.3 is 0 Å². The van der Waals surface area contributed by atoms with Crippen LogP contribution in [0.5, 0.6) is 0 Å². The molecule has 0 radical (unpaired) electrons. The maximum Gasteiger partial charge on any atom is 0.247 e. The van der Waals surface area contributed by atoms with Crippen molar-refractivity contribution in [2.24, 2.45) is 0 Å². The van der Waals surface area contributed by atoms with Crippen molar-refractivity contribution < 1.29 is 9.59 Å². The van der Waals surface area contributed by atoms with Gasteiger partial charge in [0.1, 0.15) is 0 Å². The third-order valence-corrected chi connectivity index (χ3v) is 3.69. The highest BCUT2D eigenvalue weighted by Gasteiger charge is 2.40. The van der Waals surface area contributed by atoms with Gasteiger partial charge in [-0.1, -0.05) is 6.92 Å². The molecule has 2 amide bonds. The Hall–Kier alpha value is -1.69. The summed E-state index contributed by atoms with van der Waals surface area (Å²) in [4.78, 5) is 25.4. The topological polar surface area (TPSA) is 78.1 Å². The molecule has 2 heterocycles. The molecule has 2 rings (SSSR count). The number of hydrogen-bond acceptors (Lipinski definition) is 4. The highest BCUT2D eigenvalue weighted by molar-refractivity contribution is 6.05. The average Bonchev–Trinajstić information content (AvgIpc) is 2.90. The first-order valence-corrected chi connectivity index (χ1v) is 6.62. The number of rotatable bonds is 5. The minimum atomic E-state index is -0.407. The number of amides is 2. The normalized spacial score (nSPS) is 21.2. The smallest absolute Gasteiger partial charge is 0.247 e. The Morgan fingerprint density at radius 3 is 2.89 bits per heavy atom. The van der Waals surface area contributed by atoms with Gasteiger partial charge in [-0.25, -0.2) is 0 Å². The Morgan fingerprint density at radius 1 is 1.58 bits per heavy atom. The first-order valence-electron chi connectivity index (χ1n) is 6.62.